The topological polar surface area (TPSA) is 79.1 Å². The second kappa shape index (κ2) is 9.27. The van der Waals surface area contributed by atoms with Crippen LogP contribution in [0.1, 0.15) is 32.8 Å². The minimum absolute atomic E-state index is 0.209. The average molecular weight is 350 g/mol. The summed E-state index contributed by atoms with van der Waals surface area (Å²) in [5.41, 5.74) is 5.75. The quantitative estimate of drug-likeness (QED) is 0.800. The van der Waals surface area contributed by atoms with Gasteiger partial charge in [0.1, 0.15) is 5.60 Å². The van der Waals surface area contributed by atoms with E-state index >= 15 is 0 Å². The number of primary amides is 1. The van der Waals surface area contributed by atoms with Gasteiger partial charge in [-0.2, -0.15) is 0 Å². The Morgan fingerprint density at radius 3 is 2.12 bits per heavy atom. The van der Waals surface area contributed by atoms with Gasteiger partial charge in [0.05, 0.1) is 6.54 Å². The molecule has 0 atom stereocenters. The number of hydrogen-bond donors (Lipinski definition) is 1. The summed E-state index contributed by atoms with van der Waals surface area (Å²) in [7, 11) is 3.90. The van der Waals surface area contributed by atoms with Crippen molar-refractivity contribution in [2.45, 2.75) is 39.3 Å². The van der Waals surface area contributed by atoms with Gasteiger partial charge >= 0.3 is 12.1 Å². The molecule has 0 bridgehead atoms. The molecule has 3 amide bonds. The van der Waals surface area contributed by atoms with E-state index in [-0.39, 0.29) is 6.54 Å². The van der Waals surface area contributed by atoms with Crippen LogP contribution in [0.4, 0.5) is 9.59 Å². The Hall–Kier alpha value is -2.28. The molecule has 0 heterocycles. The molecular formula is C18H30N4O3. The number of carbonyl (C=O) groups excluding carboxylic acids is 2. The van der Waals surface area contributed by atoms with Crippen LogP contribution in [0.25, 0.3) is 0 Å². The number of carbonyl (C=O) groups is 2. The molecule has 0 aliphatic heterocycles. The van der Waals surface area contributed by atoms with Gasteiger partial charge in [0.25, 0.3) is 0 Å². The summed E-state index contributed by atoms with van der Waals surface area (Å²) in [4.78, 5) is 26.6. The molecule has 0 aromatic heterocycles. The maximum absolute atomic E-state index is 12.6. The van der Waals surface area contributed by atoms with E-state index in [2.05, 4.69) is 0 Å². The fraction of sp³-hybridized carbons (Fsp3) is 0.556. The van der Waals surface area contributed by atoms with Crippen LogP contribution < -0.4 is 5.73 Å². The second-order valence-electron chi connectivity index (χ2n) is 7.14. The number of urea groups is 1. The third kappa shape index (κ3) is 7.89. The Morgan fingerprint density at radius 2 is 1.64 bits per heavy atom. The van der Waals surface area contributed by atoms with E-state index in [0.717, 1.165) is 12.1 Å². The van der Waals surface area contributed by atoms with Crippen LogP contribution in [0, 0.1) is 0 Å². The van der Waals surface area contributed by atoms with E-state index in [4.69, 9.17) is 10.5 Å². The lowest BCUT2D eigenvalue weighted by atomic mass is 10.2. The fourth-order valence-electron chi connectivity index (χ4n) is 2.21. The number of nitrogens with two attached hydrogens (primary N) is 1. The Bertz CT molecular complexity index is 555. The van der Waals surface area contributed by atoms with Crippen LogP contribution in [0.3, 0.4) is 0 Å². The maximum atomic E-state index is 12.6. The van der Waals surface area contributed by atoms with E-state index in [9.17, 15) is 9.59 Å². The standard InChI is InChI=1S/C18H30N4O3/c1-18(2,3)25-17(24)22(14-15-10-7-6-8-11-15)21(16(19)23)13-9-12-20(4)5/h6-8,10-11H,9,12-14H2,1-5H3,(H2,19,23). The number of hydrogen-bond acceptors (Lipinski definition) is 4. The Morgan fingerprint density at radius 1 is 1.04 bits per heavy atom. The lowest BCUT2D eigenvalue weighted by Gasteiger charge is -2.35. The molecule has 7 heteroatoms. The van der Waals surface area contributed by atoms with Gasteiger partial charge < -0.3 is 15.4 Å². The SMILES string of the molecule is CN(C)CCCN(C(N)=O)N(Cc1ccccc1)C(=O)OC(C)(C)C. The van der Waals surface area contributed by atoms with Crippen LogP contribution in [-0.4, -0.2) is 59.8 Å². The number of rotatable bonds is 6. The van der Waals surface area contributed by atoms with Gasteiger partial charge in [0.15, 0.2) is 0 Å². The molecule has 0 fully saturated rings. The zero-order valence-electron chi connectivity index (χ0n) is 15.9. The predicted molar refractivity (Wildman–Crippen MR) is 97.7 cm³/mol. The predicted octanol–water partition coefficient (Wildman–Crippen LogP) is 2.67. The zero-order chi connectivity index (χ0) is 19.0. The molecule has 2 N–H and O–H groups in total. The van der Waals surface area contributed by atoms with Gasteiger partial charge in [0, 0.05) is 6.54 Å². The summed E-state index contributed by atoms with van der Waals surface area (Å²) in [6.07, 6.45) is 0.0873. The minimum atomic E-state index is -0.680. The molecule has 0 spiro atoms. The third-order valence-corrected chi connectivity index (χ3v) is 3.30. The van der Waals surface area contributed by atoms with Crippen LogP contribution >= 0.6 is 0 Å². The van der Waals surface area contributed by atoms with Crippen molar-refractivity contribution in [1.82, 2.24) is 14.9 Å². The maximum Gasteiger partial charge on any atom is 0.429 e. The first kappa shape index (κ1) is 20.8. The average Bonchev–Trinajstić information content (AvgIpc) is 2.48. The number of benzene rings is 1. The minimum Gasteiger partial charge on any atom is -0.442 e. The van der Waals surface area contributed by atoms with Crippen molar-refractivity contribution in [3.8, 4) is 0 Å². The Balaban J connectivity index is 2.99. The van der Waals surface area contributed by atoms with Crippen molar-refractivity contribution < 1.29 is 14.3 Å². The summed E-state index contributed by atoms with van der Waals surface area (Å²) < 4.78 is 5.46. The number of ether oxygens (including phenoxy) is 1. The van der Waals surface area contributed by atoms with Crippen LogP contribution in [0.5, 0.6) is 0 Å². The highest BCUT2D eigenvalue weighted by molar-refractivity contribution is 5.76. The second-order valence-corrected chi connectivity index (χ2v) is 7.14. The van der Waals surface area contributed by atoms with Crippen molar-refractivity contribution in [2.75, 3.05) is 27.2 Å². The number of amides is 3. The third-order valence-electron chi connectivity index (χ3n) is 3.30. The van der Waals surface area contributed by atoms with Gasteiger partial charge in [-0.1, -0.05) is 30.3 Å². The van der Waals surface area contributed by atoms with Crippen molar-refractivity contribution >= 4 is 12.1 Å². The molecule has 1 aromatic carbocycles. The van der Waals surface area contributed by atoms with Crippen molar-refractivity contribution in [2.24, 2.45) is 5.73 Å². The Labute approximate surface area is 150 Å². The van der Waals surface area contributed by atoms with E-state index in [1.807, 2.05) is 49.3 Å². The van der Waals surface area contributed by atoms with Crippen molar-refractivity contribution in [3.63, 3.8) is 0 Å². The first-order valence-corrected chi connectivity index (χ1v) is 8.36. The van der Waals surface area contributed by atoms with Gasteiger partial charge in [-0.05, 0) is 53.4 Å². The van der Waals surface area contributed by atoms with E-state index < -0.39 is 17.7 Å². The highest BCUT2D eigenvalue weighted by Gasteiger charge is 2.29. The molecule has 140 valence electrons. The van der Waals surface area contributed by atoms with Crippen LogP contribution in [-0.2, 0) is 11.3 Å². The molecule has 7 nitrogen and oxygen atoms in total. The van der Waals surface area contributed by atoms with Crippen molar-refractivity contribution in [3.05, 3.63) is 35.9 Å². The molecule has 0 radical (unpaired) electrons. The summed E-state index contributed by atoms with van der Waals surface area (Å²) in [5.74, 6) is 0. The summed E-state index contributed by atoms with van der Waals surface area (Å²) in [5, 5.41) is 2.53. The van der Waals surface area contributed by atoms with Gasteiger partial charge in [-0.25, -0.2) is 19.6 Å². The first-order valence-electron chi connectivity index (χ1n) is 8.36. The van der Waals surface area contributed by atoms with E-state index in [1.165, 1.54) is 10.0 Å². The largest absolute Gasteiger partial charge is 0.442 e. The summed E-state index contributed by atoms with van der Waals surface area (Å²) in [6, 6.07) is 8.74. The van der Waals surface area contributed by atoms with Crippen molar-refractivity contribution in [1.29, 1.82) is 0 Å². The van der Waals surface area contributed by atoms with Gasteiger partial charge in [0.2, 0.25) is 0 Å². The molecule has 0 aliphatic carbocycles. The van der Waals surface area contributed by atoms with Crippen LogP contribution in [0.15, 0.2) is 30.3 Å². The summed E-state index contributed by atoms with van der Waals surface area (Å²) >= 11 is 0. The fourth-order valence-corrected chi connectivity index (χ4v) is 2.21. The lowest BCUT2D eigenvalue weighted by molar-refractivity contribution is -0.0343. The highest BCUT2D eigenvalue weighted by atomic mass is 16.6. The highest BCUT2D eigenvalue weighted by Crippen LogP contribution is 2.15. The molecule has 1 aromatic rings. The molecule has 0 saturated heterocycles. The molecule has 0 unspecified atom stereocenters. The zero-order valence-corrected chi connectivity index (χ0v) is 15.9. The smallest absolute Gasteiger partial charge is 0.429 e. The molecule has 25 heavy (non-hydrogen) atoms. The molecule has 0 saturated carbocycles. The van der Waals surface area contributed by atoms with Gasteiger partial charge in [-0.3, -0.25) is 0 Å². The van der Waals surface area contributed by atoms with E-state index in [0.29, 0.717) is 13.0 Å². The van der Waals surface area contributed by atoms with E-state index in [1.54, 1.807) is 20.8 Å². The molecule has 1 rings (SSSR count). The van der Waals surface area contributed by atoms with Crippen LogP contribution in [0.2, 0.25) is 0 Å². The normalized spacial score (nSPS) is 11.3. The first-order chi connectivity index (χ1) is 11.6. The lowest BCUT2D eigenvalue weighted by Crippen LogP contribution is -2.53. The summed E-state index contributed by atoms with van der Waals surface area (Å²) in [6.45, 7) is 6.67. The monoisotopic (exact) mass is 350 g/mol. The Kier molecular flexibility index (Phi) is 7.70. The molecule has 0 aliphatic rings. The number of hydrazine groups is 1. The molecular weight excluding hydrogens is 320 g/mol. The van der Waals surface area contributed by atoms with Gasteiger partial charge in [-0.15, -0.1) is 0 Å². The number of nitrogens with zero attached hydrogens (tertiary/aromatic N) is 3.